The second-order valence-electron chi connectivity index (χ2n) is 0.0714. The summed E-state index contributed by atoms with van der Waals surface area (Å²) in [5.74, 6) is 0. The van der Waals surface area contributed by atoms with E-state index in [1.165, 1.54) is 0 Å². The predicted octanol–water partition coefficient (Wildman–Crippen LogP) is 2.22. The van der Waals surface area contributed by atoms with Crippen LogP contribution in [0.1, 0.15) is 6.92 Å². The average molecular weight is 191 g/mol. The van der Waals surface area contributed by atoms with E-state index in [1.54, 1.807) is 6.92 Å². The van der Waals surface area contributed by atoms with E-state index in [9.17, 15) is 0 Å². The van der Waals surface area contributed by atoms with E-state index < -0.39 is 20.8 Å². The molecule has 0 saturated carbocycles. The summed E-state index contributed by atoms with van der Waals surface area (Å²) >= 11 is -0.826. The van der Waals surface area contributed by atoms with Gasteiger partial charge in [0.2, 0.25) is 0 Å². The Hall–Kier alpha value is 1.46. The van der Waals surface area contributed by atoms with E-state index in [4.69, 9.17) is 17.0 Å². The molecule has 3 heteroatoms. The van der Waals surface area contributed by atoms with Crippen LogP contribution in [0.5, 0.6) is 0 Å². The third kappa shape index (κ3) is 30.6. The van der Waals surface area contributed by atoms with Gasteiger partial charge in [-0.15, -0.1) is 0 Å². The fourth-order valence-corrected chi connectivity index (χ4v) is 0. The topological polar surface area (TPSA) is 0 Å². The minimum absolute atomic E-state index is 0.826. The van der Waals surface area contributed by atoms with Gasteiger partial charge >= 0.3 is 37.9 Å². The first-order chi connectivity index (χ1) is 2.41. The number of hydrogen-bond donors (Lipinski definition) is 0. The molecule has 0 spiro atoms. The van der Waals surface area contributed by atoms with Crippen LogP contribution in [0.15, 0.2) is 0 Å². The zero-order valence-corrected chi connectivity index (χ0v) is 6.93. The standard InChI is InChI=1S/C2H5.2ClH.Zr/c1-2;;;/h1H2,2H3;2*1H;/q-1;;;+2/p-2. The normalized spacial score (nSPS) is 4.00. The second-order valence-corrected chi connectivity index (χ2v) is 3.80. The van der Waals surface area contributed by atoms with Crippen LogP contribution in [-0.4, -0.2) is 0 Å². The molecule has 0 rings (SSSR count). The Morgan fingerprint density at radius 1 is 1.40 bits per heavy atom. The van der Waals surface area contributed by atoms with E-state index >= 15 is 0 Å². The molecule has 32 valence electrons. The quantitative estimate of drug-likeness (QED) is 0.515. The van der Waals surface area contributed by atoms with Gasteiger partial charge in [0.25, 0.3) is 0 Å². The SMILES string of the molecule is [CH2-]C.[Cl][Zr][Cl]. The molecular weight excluding hydrogens is 186 g/mol. The van der Waals surface area contributed by atoms with E-state index in [1.807, 2.05) is 0 Å². The van der Waals surface area contributed by atoms with Crippen molar-refractivity contribution >= 4 is 17.0 Å². The zero-order chi connectivity index (χ0) is 4.71. The Balaban J connectivity index is 0. The third-order valence-corrected chi connectivity index (χ3v) is 0. The molecule has 0 heterocycles. The van der Waals surface area contributed by atoms with Gasteiger partial charge in [0.1, 0.15) is 0 Å². The predicted molar refractivity (Wildman–Crippen MR) is 22.7 cm³/mol. The number of rotatable bonds is 0. The minimum atomic E-state index is -0.826. The Morgan fingerprint density at radius 3 is 1.40 bits per heavy atom. The summed E-state index contributed by atoms with van der Waals surface area (Å²) in [5, 5.41) is 0. The summed E-state index contributed by atoms with van der Waals surface area (Å²) < 4.78 is 0. The molecular formula is C2H5Cl2Zr-. The van der Waals surface area contributed by atoms with Crippen molar-refractivity contribution in [2.75, 3.05) is 0 Å². The van der Waals surface area contributed by atoms with Crippen LogP contribution in [-0.2, 0) is 20.8 Å². The molecule has 0 aliphatic heterocycles. The molecule has 0 aliphatic rings. The average Bonchev–Trinajstić information content (AvgIpc) is 1.46. The van der Waals surface area contributed by atoms with Crippen LogP contribution in [0.2, 0.25) is 0 Å². The molecule has 0 bridgehead atoms. The molecule has 0 N–H and O–H groups in total. The van der Waals surface area contributed by atoms with Gasteiger partial charge in [0.15, 0.2) is 0 Å². The molecule has 0 aliphatic carbocycles. The van der Waals surface area contributed by atoms with Crippen molar-refractivity contribution in [3.63, 3.8) is 0 Å². The zero-order valence-electron chi connectivity index (χ0n) is 2.96. The molecule has 0 fully saturated rings. The Labute approximate surface area is 51.5 Å². The van der Waals surface area contributed by atoms with Gasteiger partial charge in [0, 0.05) is 0 Å². The molecule has 0 amide bonds. The second kappa shape index (κ2) is 17.9. The molecule has 0 aromatic carbocycles. The monoisotopic (exact) mass is 189 g/mol. The van der Waals surface area contributed by atoms with Crippen LogP contribution in [0.25, 0.3) is 0 Å². The first-order valence-electron chi connectivity index (χ1n) is 1.09. The fraction of sp³-hybridized carbons (Fsp3) is 0.500. The maximum absolute atomic E-state index is 4.93. The summed E-state index contributed by atoms with van der Waals surface area (Å²) in [4.78, 5) is 0. The maximum atomic E-state index is 4.93. The van der Waals surface area contributed by atoms with Gasteiger partial charge in [-0.05, 0) is 0 Å². The van der Waals surface area contributed by atoms with Gasteiger partial charge in [-0.3, -0.25) is 0 Å². The van der Waals surface area contributed by atoms with Crippen LogP contribution in [0, 0.1) is 6.92 Å². The van der Waals surface area contributed by atoms with E-state index in [2.05, 4.69) is 6.92 Å². The molecule has 0 aromatic heterocycles. The number of hydrogen-bond acceptors (Lipinski definition) is 0. The van der Waals surface area contributed by atoms with Crippen molar-refractivity contribution in [3.8, 4) is 0 Å². The van der Waals surface area contributed by atoms with E-state index in [-0.39, 0.29) is 0 Å². The van der Waals surface area contributed by atoms with Crippen LogP contribution in [0.4, 0.5) is 0 Å². The first-order valence-corrected chi connectivity index (χ1v) is 7.42. The van der Waals surface area contributed by atoms with Gasteiger partial charge in [-0.1, -0.05) is 0 Å². The molecule has 0 radical (unpaired) electrons. The van der Waals surface area contributed by atoms with Gasteiger partial charge in [-0.25, -0.2) is 0 Å². The molecule has 0 saturated heterocycles. The molecule has 0 atom stereocenters. The van der Waals surface area contributed by atoms with Crippen LogP contribution >= 0.6 is 17.0 Å². The summed E-state index contributed by atoms with van der Waals surface area (Å²) in [6.45, 7) is 5.00. The summed E-state index contributed by atoms with van der Waals surface area (Å²) in [5.41, 5.74) is 0. The van der Waals surface area contributed by atoms with Crippen molar-refractivity contribution in [2.45, 2.75) is 6.92 Å². The van der Waals surface area contributed by atoms with E-state index in [0.717, 1.165) is 0 Å². The van der Waals surface area contributed by atoms with Gasteiger partial charge in [-0.2, -0.15) is 6.92 Å². The van der Waals surface area contributed by atoms with E-state index in [0.29, 0.717) is 0 Å². The van der Waals surface area contributed by atoms with Crippen molar-refractivity contribution < 1.29 is 20.8 Å². The summed E-state index contributed by atoms with van der Waals surface area (Å²) in [7, 11) is 9.87. The Kier molecular flexibility index (Phi) is 34.7. The van der Waals surface area contributed by atoms with Gasteiger partial charge in [0.05, 0.1) is 0 Å². The van der Waals surface area contributed by atoms with Crippen molar-refractivity contribution in [2.24, 2.45) is 0 Å². The molecule has 5 heavy (non-hydrogen) atoms. The molecule has 0 unspecified atom stereocenters. The number of halogens is 2. The van der Waals surface area contributed by atoms with Crippen LogP contribution < -0.4 is 0 Å². The fourth-order valence-electron chi connectivity index (χ4n) is 0. The Bertz CT molecular complexity index is 7.61. The van der Waals surface area contributed by atoms with Gasteiger partial charge < -0.3 is 6.92 Å². The van der Waals surface area contributed by atoms with Crippen LogP contribution in [0.3, 0.4) is 0 Å². The summed E-state index contributed by atoms with van der Waals surface area (Å²) in [6, 6.07) is 0. The third-order valence-electron chi connectivity index (χ3n) is 0. The summed E-state index contributed by atoms with van der Waals surface area (Å²) in [6.07, 6.45) is 0. The van der Waals surface area contributed by atoms with Crippen molar-refractivity contribution in [3.05, 3.63) is 6.92 Å². The Morgan fingerprint density at radius 2 is 1.40 bits per heavy atom. The van der Waals surface area contributed by atoms with Crippen molar-refractivity contribution in [1.82, 2.24) is 0 Å². The molecule has 0 nitrogen and oxygen atoms in total. The first kappa shape index (κ1) is 9.68. The van der Waals surface area contributed by atoms with Crippen molar-refractivity contribution in [1.29, 1.82) is 0 Å². The molecule has 0 aromatic rings.